The highest BCUT2D eigenvalue weighted by atomic mass is 16.5. The van der Waals surface area contributed by atoms with Crippen molar-refractivity contribution < 1.29 is 9.84 Å². The fraction of sp³-hybridized carbons (Fsp3) is 0.429. The normalized spacial score (nSPS) is 14.4. The molecule has 5 nitrogen and oxygen atoms in total. The molecule has 100 valence electrons. The van der Waals surface area contributed by atoms with Crippen LogP contribution in [0.2, 0.25) is 0 Å². The molecule has 0 aromatic rings. The number of aliphatic hydroxyl groups excluding tert-OH is 1. The quantitative estimate of drug-likeness (QED) is 0.597. The molecule has 0 saturated heterocycles. The third-order valence-electron chi connectivity index (χ3n) is 2.79. The summed E-state index contributed by atoms with van der Waals surface area (Å²) in [5.41, 5.74) is 2.69. The Morgan fingerprint density at radius 3 is 2.26 bits per heavy atom. The second-order valence-corrected chi connectivity index (χ2v) is 4.11. The highest BCUT2D eigenvalue weighted by Crippen LogP contribution is 2.23. The molecule has 0 atom stereocenters. The number of rotatable bonds is 5. The van der Waals surface area contributed by atoms with E-state index in [1.165, 1.54) is 0 Å². The molecule has 0 spiro atoms. The lowest BCUT2D eigenvalue weighted by molar-refractivity contribution is 0.0837. The molecule has 1 heterocycles. The van der Waals surface area contributed by atoms with Crippen molar-refractivity contribution in [2.24, 2.45) is 0 Å². The lowest BCUT2D eigenvalue weighted by Gasteiger charge is -2.29. The first-order chi connectivity index (χ1) is 9.13. The van der Waals surface area contributed by atoms with Crippen LogP contribution >= 0.6 is 0 Å². The van der Waals surface area contributed by atoms with E-state index in [2.05, 4.69) is 0 Å². The van der Waals surface area contributed by atoms with E-state index in [-0.39, 0.29) is 12.2 Å². The van der Waals surface area contributed by atoms with E-state index in [1.807, 2.05) is 43.0 Å². The highest BCUT2D eigenvalue weighted by molar-refractivity contribution is 5.53. The van der Waals surface area contributed by atoms with Gasteiger partial charge in [0.25, 0.3) is 0 Å². The number of hydrogen-bond acceptors (Lipinski definition) is 5. The van der Waals surface area contributed by atoms with Gasteiger partial charge < -0.3 is 14.7 Å². The summed E-state index contributed by atoms with van der Waals surface area (Å²) in [6.45, 7) is 5.39. The zero-order valence-corrected chi connectivity index (χ0v) is 11.2. The first-order valence-corrected chi connectivity index (χ1v) is 6.01. The number of nitrogens with zero attached hydrogens (tertiary/aromatic N) is 3. The Morgan fingerprint density at radius 1 is 1.21 bits per heavy atom. The predicted octanol–water partition coefficient (Wildman–Crippen LogP) is 1.46. The molecular formula is C14H17N3O2. The van der Waals surface area contributed by atoms with Gasteiger partial charge in [-0.05, 0) is 26.0 Å². The van der Waals surface area contributed by atoms with Crippen LogP contribution in [0.1, 0.15) is 13.8 Å². The molecule has 0 saturated carbocycles. The van der Waals surface area contributed by atoms with E-state index < -0.39 is 0 Å². The minimum atomic E-state index is 0.0181. The van der Waals surface area contributed by atoms with Crippen molar-refractivity contribution in [1.29, 1.82) is 10.5 Å². The minimum absolute atomic E-state index is 0.0181. The van der Waals surface area contributed by atoms with Crippen LogP contribution < -0.4 is 0 Å². The summed E-state index contributed by atoms with van der Waals surface area (Å²) >= 11 is 0. The average molecular weight is 259 g/mol. The average Bonchev–Trinajstić information content (AvgIpc) is 2.38. The van der Waals surface area contributed by atoms with Crippen LogP contribution in [-0.2, 0) is 4.74 Å². The minimum Gasteiger partial charge on any atom is -0.394 e. The molecule has 0 amide bonds. The van der Waals surface area contributed by atoms with E-state index in [0.717, 1.165) is 11.4 Å². The van der Waals surface area contributed by atoms with Gasteiger partial charge in [-0.1, -0.05) is 0 Å². The molecule has 1 aliphatic rings. The standard InChI is InChI=1S/C14H17N3O2/c1-11-7-13(14(9-15)10-16)8-12(2)17(11)3-5-19-6-4-18/h7-8,18H,3-6H2,1-2H3. The van der Waals surface area contributed by atoms with E-state index in [4.69, 9.17) is 20.4 Å². The van der Waals surface area contributed by atoms with Crippen molar-refractivity contribution in [2.75, 3.05) is 26.4 Å². The Kier molecular flexibility index (Phi) is 5.81. The Balaban J connectivity index is 2.80. The fourth-order valence-corrected chi connectivity index (χ4v) is 1.90. The number of ether oxygens (including phenoxy) is 1. The molecule has 1 rings (SSSR count). The zero-order valence-electron chi connectivity index (χ0n) is 11.2. The molecule has 5 heteroatoms. The predicted molar refractivity (Wildman–Crippen MR) is 70.4 cm³/mol. The maximum absolute atomic E-state index is 8.87. The van der Waals surface area contributed by atoms with Crippen molar-refractivity contribution in [3.8, 4) is 12.1 Å². The molecule has 0 unspecified atom stereocenters. The topological polar surface area (TPSA) is 80.3 Å². The van der Waals surface area contributed by atoms with E-state index in [9.17, 15) is 0 Å². The van der Waals surface area contributed by atoms with Crippen LogP contribution in [0, 0.1) is 22.7 Å². The number of hydrogen-bond donors (Lipinski definition) is 1. The van der Waals surface area contributed by atoms with Gasteiger partial charge in [0.1, 0.15) is 17.7 Å². The fourth-order valence-electron chi connectivity index (χ4n) is 1.90. The van der Waals surface area contributed by atoms with Gasteiger partial charge in [-0.3, -0.25) is 0 Å². The third kappa shape index (κ3) is 3.96. The summed E-state index contributed by atoms with van der Waals surface area (Å²) < 4.78 is 5.24. The maximum atomic E-state index is 8.87. The van der Waals surface area contributed by atoms with Gasteiger partial charge in [-0.15, -0.1) is 0 Å². The molecule has 0 bridgehead atoms. The first-order valence-electron chi connectivity index (χ1n) is 6.01. The molecule has 19 heavy (non-hydrogen) atoms. The summed E-state index contributed by atoms with van der Waals surface area (Å²) in [5, 5.41) is 26.4. The first kappa shape index (κ1) is 15.0. The summed E-state index contributed by atoms with van der Waals surface area (Å²) in [6, 6.07) is 3.79. The zero-order chi connectivity index (χ0) is 14.3. The summed E-state index contributed by atoms with van der Waals surface area (Å²) in [4.78, 5) is 2.05. The Labute approximate surface area is 113 Å². The Hall–Kier alpha value is -2.08. The summed E-state index contributed by atoms with van der Waals surface area (Å²) in [6.07, 6.45) is 3.64. The van der Waals surface area contributed by atoms with E-state index in [1.54, 1.807) is 0 Å². The molecular weight excluding hydrogens is 242 g/mol. The maximum Gasteiger partial charge on any atom is 0.137 e. The Morgan fingerprint density at radius 2 is 1.79 bits per heavy atom. The molecule has 0 aromatic heterocycles. The van der Waals surface area contributed by atoms with Crippen LogP contribution in [0.4, 0.5) is 0 Å². The van der Waals surface area contributed by atoms with Crippen LogP contribution in [0.3, 0.4) is 0 Å². The molecule has 0 aromatic carbocycles. The lowest BCUT2D eigenvalue weighted by Crippen LogP contribution is -2.26. The largest absolute Gasteiger partial charge is 0.394 e. The van der Waals surface area contributed by atoms with Gasteiger partial charge in [-0.2, -0.15) is 10.5 Å². The van der Waals surface area contributed by atoms with Crippen molar-refractivity contribution in [3.63, 3.8) is 0 Å². The highest BCUT2D eigenvalue weighted by Gasteiger charge is 2.15. The molecule has 0 aliphatic carbocycles. The van der Waals surface area contributed by atoms with Crippen LogP contribution in [0.5, 0.6) is 0 Å². The van der Waals surface area contributed by atoms with Crippen molar-refractivity contribution in [1.82, 2.24) is 4.90 Å². The SMILES string of the molecule is CC1=CC(=C(C#N)C#N)C=C(C)N1CCOCCO. The Bertz CT molecular complexity index is 466. The molecule has 0 radical (unpaired) electrons. The van der Waals surface area contributed by atoms with Gasteiger partial charge in [0.05, 0.1) is 19.8 Å². The summed E-state index contributed by atoms with van der Waals surface area (Å²) in [7, 11) is 0. The van der Waals surface area contributed by atoms with E-state index >= 15 is 0 Å². The van der Waals surface area contributed by atoms with Gasteiger partial charge >= 0.3 is 0 Å². The second kappa shape index (κ2) is 7.38. The smallest absolute Gasteiger partial charge is 0.137 e. The summed E-state index contributed by atoms with van der Waals surface area (Å²) in [5.74, 6) is 0. The van der Waals surface area contributed by atoms with Gasteiger partial charge in [0.2, 0.25) is 0 Å². The van der Waals surface area contributed by atoms with E-state index in [0.29, 0.717) is 25.3 Å². The van der Waals surface area contributed by atoms with Gasteiger partial charge in [-0.25, -0.2) is 0 Å². The van der Waals surface area contributed by atoms with Crippen LogP contribution in [0.25, 0.3) is 0 Å². The number of allylic oxidation sites excluding steroid dienone is 6. The van der Waals surface area contributed by atoms with Crippen molar-refractivity contribution >= 4 is 0 Å². The monoisotopic (exact) mass is 259 g/mol. The second-order valence-electron chi connectivity index (χ2n) is 4.11. The number of aliphatic hydroxyl groups is 1. The van der Waals surface area contributed by atoms with Gasteiger partial charge in [0, 0.05) is 23.5 Å². The van der Waals surface area contributed by atoms with Crippen molar-refractivity contribution in [2.45, 2.75) is 13.8 Å². The molecule has 0 fully saturated rings. The third-order valence-corrected chi connectivity index (χ3v) is 2.79. The van der Waals surface area contributed by atoms with Crippen LogP contribution in [-0.4, -0.2) is 36.4 Å². The molecule has 1 aliphatic heterocycles. The van der Waals surface area contributed by atoms with Crippen LogP contribution in [0.15, 0.2) is 34.7 Å². The lowest BCUT2D eigenvalue weighted by atomic mass is 10.0. The molecule has 1 N–H and O–H groups in total. The van der Waals surface area contributed by atoms with Gasteiger partial charge in [0.15, 0.2) is 0 Å². The van der Waals surface area contributed by atoms with Crippen molar-refractivity contribution in [3.05, 3.63) is 34.7 Å². The number of nitriles is 2.